The Morgan fingerprint density at radius 3 is 2.67 bits per heavy atom. The molecule has 0 aromatic carbocycles. The maximum Gasteiger partial charge on any atom is 0.338 e. The summed E-state index contributed by atoms with van der Waals surface area (Å²) in [5, 5.41) is 4.43. The van der Waals surface area contributed by atoms with Gasteiger partial charge in [-0.15, -0.1) is 0 Å². The minimum Gasteiger partial charge on any atom is -0.318 e. The van der Waals surface area contributed by atoms with Gasteiger partial charge in [0.1, 0.15) is 0 Å². The molecule has 0 spiro atoms. The molecule has 0 unspecified atom stereocenters. The van der Waals surface area contributed by atoms with Crippen LogP contribution in [-0.2, 0) is 9.63 Å². The highest BCUT2D eigenvalue weighted by Gasteiger charge is 2.57. The number of likely N-dealkylation sites (tertiary alicyclic amines) is 1. The average molecular weight is 528 g/mol. The van der Waals surface area contributed by atoms with Crippen LogP contribution in [0.25, 0.3) is 5.57 Å². The Morgan fingerprint density at radius 2 is 1.90 bits per heavy atom. The standard InChI is InChI=1S/C34H45N3O2/c1-33-15-11-27(36-39-32(38)24-13-18-37(19-14-24)22-23-5-6-23)20-26(33)7-8-28-30-10-9-29(25-4-3-17-35-21-25)34(30,2)16-12-31(28)33/h3-4,9,17,20-21,23-24,28,30-31H,5-8,10-16,18-19,22H2,1-2H3/t28-,30+,31+,33+,34-/m1/s1. The predicted octanol–water partition coefficient (Wildman–Crippen LogP) is 7.06. The van der Waals surface area contributed by atoms with Gasteiger partial charge < -0.3 is 9.74 Å². The Balaban J connectivity index is 0.999. The summed E-state index contributed by atoms with van der Waals surface area (Å²) in [6.07, 6.45) is 21.6. The minimum atomic E-state index is -0.117. The largest absolute Gasteiger partial charge is 0.338 e. The molecule has 6 aliphatic rings. The van der Waals surface area contributed by atoms with Crippen LogP contribution in [0.1, 0.15) is 90.0 Å². The van der Waals surface area contributed by atoms with Crippen molar-refractivity contribution in [2.75, 3.05) is 19.6 Å². The monoisotopic (exact) mass is 527 g/mol. The van der Waals surface area contributed by atoms with Gasteiger partial charge in [0.2, 0.25) is 0 Å². The second-order valence-electron chi connectivity index (χ2n) is 14.1. The predicted molar refractivity (Wildman–Crippen MR) is 155 cm³/mol. The van der Waals surface area contributed by atoms with E-state index in [9.17, 15) is 4.79 Å². The van der Waals surface area contributed by atoms with Crippen molar-refractivity contribution in [1.82, 2.24) is 9.88 Å². The van der Waals surface area contributed by atoms with Gasteiger partial charge >= 0.3 is 5.97 Å². The van der Waals surface area contributed by atoms with Crippen LogP contribution in [0.15, 0.2) is 47.4 Å². The molecular weight excluding hydrogens is 482 g/mol. The topological polar surface area (TPSA) is 54.8 Å². The number of carbonyl (C=O) groups excluding carboxylic acids is 1. The summed E-state index contributed by atoms with van der Waals surface area (Å²) >= 11 is 0. The molecule has 5 aliphatic carbocycles. The van der Waals surface area contributed by atoms with Crippen LogP contribution in [-0.4, -0.2) is 41.2 Å². The van der Waals surface area contributed by atoms with Crippen LogP contribution in [0.2, 0.25) is 0 Å². The number of rotatable bonds is 5. The minimum absolute atomic E-state index is 0.00915. The van der Waals surface area contributed by atoms with Crippen molar-refractivity contribution in [3.05, 3.63) is 47.8 Å². The highest BCUT2D eigenvalue weighted by Crippen LogP contribution is 2.66. The van der Waals surface area contributed by atoms with E-state index in [2.05, 4.69) is 59.4 Å². The van der Waals surface area contributed by atoms with Gasteiger partial charge in [-0.3, -0.25) is 4.98 Å². The van der Waals surface area contributed by atoms with Gasteiger partial charge in [0.05, 0.1) is 11.6 Å². The number of pyridine rings is 1. The first-order valence-corrected chi connectivity index (χ1v) is 15.8. The zero-order chi connectivity index (χ0) is 26.6. The normalized spacial score (nSPS) is 37.9. The third kappa shape index (κ3) is 4.63. The number of piperidine rings is 1. The Kier molecular flexibility index (Phi) is 6.57. The molecule has 5 heteroatoms. The van der Waals surface area contributed by atoms with Gasteiger partial charge in [0.25, 0.3) is 0 Å². The Hall–Kier alpha value is -2.27. The molecule has 0 amide bonds. The number of nitrogens with zero attached hydrogens (tertiary/aromatic N) is 3. The first-order valence-electron chi connectivity index (χ1n) is 15.8. The summed E-state index contributed by atoms with van der Waals surface area (Å²) in [5.41, 5.74) is 5.91. The summed E-state index contributed by atoms with van der Waals surface area (Å²) in [4.78, 5) is 25.3. The van der Waals surface area contributed by atoms with E-state index in [1.807, 2.05) is 6.20 Å². The van der Waals surface area contributed by atoms with E-state index in [4.69, 9.17) is 4.84 Å². The highest BCUT2D eigenvalue weighted by atomic mass is 16.7. The molecule has 1 saturated heterocycles. The van der Waals surface area contributed by atoms with E-state index in [0.717, 1.165) is 74.6 Å². The molecule has 5 atom stereocenters. The van der Waals surface area contributed by atoms with Crippen LogP contribution in [0.3, 0.4) is 0 Å². The van der Waals surface area contributed by atoms with Crippen molar-refractivity contribution in [3.8, 4) is 0 Å². The molecule has 3 saturated carbocycles. The molecule has 0 bridgehead atoms. The fourth-order valence-electron chi connectivity index (χ4n) is 9.37. The lowest BCUT2D eigenvalue weighted by Crippen LogP contribution is -2.49. The molecule has 1 aliphatic heterocycles. The van der Waals surface area contributed by atoms with Crippen LogP contribution >= 0.6 is 0 Å². The third-order valence-electron chi connectivity index (χ3n) is 11.9. The molecule has 0 N–H and O–H groups in total. The fourth-order valence-corrected chi connectivity index (χ4v) is 9.37. The zero-order valence-electron chi connectivity index (χ0n) is 23.9. The van der Waals surface area contributed by atoms with E-state index in [1.54, 1.807) is 11.1 Å². The number of hydrogen-bond acceptors (Lipinski definition) is 5. The Bertz CT molecular complexity index is 1190. The maximum atomic E-state index is 12.8. The summed E-state index contributed by atoms with van der Waals surface area (Å²) in [7, 11) is 0. The van der Waals surface area contributed by atoms with E-state index >= 15 is 0 Å². The second-order valence-corrected chi connectivity index (χ2v) is 14.1. The summed E-state index contributed by atoms with van der Waals surface area (Å²) in [6.45, 7) is 8.33. The molecule has 1 aromatic heterocycles. The number of allylic oxidation sites excluding steroid dienone is 4. The number of oxime groups is 1. The summed E-state index contributed by atoms with van der Waals surface area (Å²) in [5.74, 6) is 3.05. The number of fused-ring (bicyclic) bond motifs is 5. The lowest BCUT2D eigenvalue weighted by Gasteiger charge is -2.58. The van der Waals surface area contributed by atoms with Crippen LogP contribution in [0, 0.1) is 40.4 Å². The molecule has 208 valence electrons. The van der Waals surface area contributed by atoms with Crippen LogP contribution in [0.5, 0.6) is 0 Å². The lowest BCUT2D eigenvalue weighted by molar-refractivity contribution is -0.150. The van der Waals surface area contributed by atoms with Gasteiger partial charge in [-0.1, -0.05) is 36.7 Å². The number of aromatic nitrogens is 1. The number of carbonyl (C=O) groups is 1. The molecule has 5 nitrogen and oxygen atoms in total. The Labute approximate surface area is 234 Å². The zero-order valence-corrected chi connectivity index (χ0v) is 23.9. The van der Waals surface area contributed by atoms with E-state index < -0.39 is 0 Å². The van der Waals surface area contributed by atoms with Gasteiger partial charge in [-0.2, -0.15) is 0 Å². The van der Waals surface area contributed by atoms with Crippen molar-refractivity contribution in [2.45, 2.75) is 84.5 Å². The molecule has 2 heterocycles. The fraction of sp³-hybridized carbons (Fsp3) is 0.676. The number of hydrogen-bond donors (Lipinski definition) is 0. The third-order valence-corrected chi connectivity index (χ3v) is 11.9. The van der Waals surface area contributed by atoms with E-state index in [-0.39, 0.29) is 22.7 Å². The smallest absolute Gasteiger partial charge is 0.318 e. The van der Waals surface area contributed by atoms with Crippen molar-refractivity contribution in [1.29, 1.82) is 0 Å². The summed E-state index contributed by atoms with van der Waals surface area (Å²) in [6, 6.07) is 4.32. The Morgan fingerprint density at radius 1 is 1.05 bits per heavy atom. The van der Waals surface area contributed by atoms with Crippen molar-refractivity contribution >= 4 is 17.3 Å². The molecule has 7 rings (SSSR count). The van der Waals surface area contributed by atoms with Gasteiger partial charge in [-0.25, -0.2) is 4.79 Å². The maximum absolute atomic E-state index is 12.8. The molecule has 39 heavy (non-hydrogen) atoms. The van der Waals surface area contributed by atoms with Crippen LogP contribution < -0.4 is 0 Å². The van der Waals surface area contributed by atoms with E-state index in [0.29, 0.717) is 0 Å². The SMILES string of the molecule is C[C@]12CCC(=NOC(=O)C3CCN(CC4CC4)CC3)C=C1CC[C@H]1[C@@H]2CC[C@]2(C)C(c3cccnc3)=CC[C@@H]12. The van der Waals surface area contributed by atoms with Crippen LogP contribution in [0.4, 0.5) is 0 Å². The quantitative estimate of drug-likeness (QED) is 0.304. The van der Waals surface area contributed by atoms with Crippen molar-refractivity contribution in [2.24, 2.45) is 45.6 Å². The van der Waals surface area contributed by atoms with Gasteiger partial charge in [0.15, 0.2) is 0 Å². The first-order chi connectivity index (χ1) is 18.9. The van der Waals surface area contributed by atoms with E-state index in [1.165, 1.54) is 50.6 Å². The molecule has 0 radical (unpaired) electrons. The summed E-state index contributed by atoms with van der Waals surface area (Å²) < 4.78 is 0. The second kappa shape index (κ2) is 9.98. The van der Waals surface area contributed by atoms with Gasteiger partial charge in [-0.05, 0) is 141 Å². The molecule has 4 fully saturated rings. The average Bonchev–Trinajstić information content (AvgIpc) is 3.70. The first kappa shape index (κ1) is 25.7. The highest BCUT2D eigenvalue weighted by molar-refractivity contribution is 5.96. The lowest BCUT2D eigenvalue weighted by atomic mass is 9.46. The van der Waals surface area contributed by atoms with Crippen molar-refractivity contribution in [3.63, 3.8) is 0 Å². The van der Waals surface area contributed by atoms with Crippen molar-refractivity contribution < 1.29 is 9.63 Å². The molecule has 1 aromatic rings. The van der Waals surface area contributed by atoms with Gasteiger partial charge in [0, 0.05) is 18.9 Å². The molecular formula is C34H45N3O2.